The van der Waals surface area contributed by atoms with Gasteiger partial charge in [-0.3, -0.25) is 14.9 Å². The first-order valence-corrected chi connectivity index (χ1v) is 9.08. The highest BCUT2D eigenvalue weighted by molar-refractivity contribution is 5.70. The Morgan fingerprint density at radius 1 is 1.22 bits per heavy atom. The molecule has 0 bridgehead atoms. The summed E-state index contributed by atoms with van der Waals surface area (Å²) in [6, 6.07) is 0. The Kier molecular flexibility index (Phi) is 5.91. The third kappa shape index (κ3) is 4.44. The highest BCUT2D eigenvalue weighted by Crippen LogP contribution is 2.33. The number of carbonyl (C=O) groups is 1. The van der Waals surface area contributed by atoms with E-state index in [1.165, 1.54) is 12.8 Å². The number of rotatable bonds is 5. The van der Waals surface area contributed by atoms with Crippen LogP contribution in [0.25, 0.3) is 0 Å². The number of ether oxygens (including phenoxy) is 1. The fourth-order valence-electron chi connectivity index (χ4n) is 4.43. The Hall–Kier alpha value is -0.690. The number of hydrogen-bond donors (Lipinski definition) is 3. The van der Waals surface area contributed by atoms with Crippen LogP contribution in [-0.2, 0) is 14.4 Å². The molecule has 0 radical (unpaired) electrons. The quantitative estimate of drug-likeness (QED) is 0.719. The standard InChI is InChI=1S/C17H30N2O4/c1-22-14-7-5-11(6-8-14)9-15-18-16(19-23-15)12-3-2-4-13(10-12)17(20)21/h11-16,18-19H,2-10H2,1H3,(H,20,21). The summed E-state index contributed by atoms with van der Waals surface area (Å²) in [6.07, 6.45) is 9.93. The molecule has 3 rings (SSSR count). The molecule has 6 nitrogen and oxygen atoms in total. The number of carboxylic acid groups (broad SMARTS) is 1. The second kappa shape index (κ2) is 7.92. The monoisotopic (exact) mass is 326 g/mol. The SMILES string of the molecule is COC1CCC(CC2NC(C3CCCC(C(=O)O)C3)NO2)CC1. The van der Waals surface area contributed by atoms with E-state index < -0.39 is 5.97 Å². The van der Waals surface area contributed by atoms with Crippen LogP contribution in [0.5, 0.6) is 0 Å². The van der Waals surface area contributed by atoms with Crippen LogP contribution >= 0.6 is 0 Å². The Morgan fingerprint density at radius 3 is 2.70 bits per heavy atom. The lowest BCUT2D eigenvalue weighted by atomic mass is 9.80. The summed E-state index contributed by atoms with van der Waals surface area (Å²) in [5.41, 5.74) is 3.12. The minimum absolute atomic E-state index is 0.0503. The van der Waals surface area contributed by atoms with Crippen molar-refractivity contribution in [3.05, 3.63) is 0 Å². The van der Waals surface area contributed by atoms with Gasteiger partial charge in [-0.15, -0.1) is 0 Å². The molecule has 132 valence electrons. The molecule has 0 aromatic heterocycles. The molecule has 2 aliphatic carbocycles. The van der Waals surface area contributed by atoms with Crippen molar-refractivity contribution >= 4 is 5.97 Å². The van der Waals surface area contributed by atoms with Crippen LogP contribution in [0.1, 0.15) is 57.8 Å². The van der Waals surface area contributed by atoms with Gasteiger partial charge >= 0.3 is 5.97 Å². The molecule has 4 atom stereocenters. The fraction of sp³-hybridized carbons (Fsp3) is 0.941. The average Bonchev–Trinajstić information content (AvgIpc) is 3.04. The van der Waals surface area contributed by atoms with Gasteiger partial charge in [-0.25, -0.2) is 0 Å². The van der Waals surface area contributed by atoms with Gasteiger partial charge in [-0.1, -0.05) is 6.42 Å². The van der Waals surface area contributed by atoms with Gasteiger partial charge in [0.25, 0.3) is 0 Å². The van der Waals surface area contributed by atoms with Crippen LogP contribution in [0.15, 0.2) is 0 Å². The Balaban J connectivity index is 1.42. The summed E-state index contributed by atoms with van der Waals surface area (Å²) < 4.78 is 5.43. The molecule has 6 heteroatoms. The lowest BCUT2D eigenvalue weighted by Crippen LogP contribution is -2.43. The first kappa shape index (κ1) is 17.1. The molecular formula is C17H30N2O4. The topological polar surface area (TPSA) is 79.8 Å². The van der Waals surface area contributed by atoms with E-state index in [2.05, 4.69) is 10.8 Å². The van der Waals surface area contributed by atoms with Crippen molar-refractivity contribution in [1.29, 1.82) is 0 Å². The minimum atomic E-state index is -0.653. The molecule has 2 saturated carbocycles. The zero-order valence-corrected chi connectivity index (χ0v) is 14.0. The maximum absolute atomic E-state index is 11.2. The van der Waals surface area contributed by atoms with Gasteiger partial charge in [0.05, 0.1) is 18.2 Å². The Bertz CT molecular complexity index is 398. The summed E-state index contributed by atoms with van der Waals surface area (Å²) in [5, 5.41) is 12.8. The van der Waals surface area contributed by atoms with E-state index in [1.54, 1.807) is 7.11 Å². The normalized spacial score (nSPS) is 41.8. The molecule has 0 aromatic rings. The molecule has 0 amide bonds. The van der Waals surface area contributed by atoms with E-state index in [-0.39, 0.29) is 18.3 Å². The Labute approximate surface area is 138 Å². The first-order chi connectivity index (χ1) is 11.2. The molecule has 3 fully saturated rings. The third-order valence-electron chi connectivity index (χ3n) is 5.91. The predicted molar refractivity (Wildman–Crippen MR) is 85.4 cm³/mol. The van der Waals surface area contributed by atoms with Crippen LogP contribution < -0.4 is 10.8 Å². The van der Waals surface area contributed by atoms with Crippen LogP contribution in [0.4, 0.5) is 0 Å². The van der Waals surface area contributed by atoms with Crippen molar-refractivity contribution in [2.24, 2.45) is 17.8 Å². The Morgan fingerprint density at radius 2 is 2.00 bits per heavy atom. The second-order valence-electron chi connectivity index (χ2n) is 7.44. The van der Waals surface area contributed by atoms with Crippen molar-refractivity contribution in [1.82, 2.24) is 10.8 Å². The maximum atomic E-state index is 11.2. The zero-order valence-electron chi connectivity index (χ0n) is 14.0. The lowest BCUT2D eigenvalue weighted by Gasteiger charge is -2.31. The van der Waals surface area contributed by atoms with Crippen LogP contribution in [-0.4, -0.2) is 36.7 Å². The number of methoxy groups -OCH3 is 1. The highest BCUT2D eigenvalue weighted by atomic mass is 16.7. The number of hydrogen-bond acceptors (Lipinski definition) is 5. The van der Waals surface area contributed by atoms with E-state index in [0.717, 1.165) is 44.9 Å². The van der Waals surface area contributed by atoms with E-state index in [9.17, 15) is 9.90 Å². The molecule has 1 saturated heterocycles. The summed E-state index contributed by atoms with van der Waals surface area (Å²) in [5.74, 6) is 0.192. The van der Waals surface area contributed by atoms with Crippen molar-refractivity contribution in [2.45, 2.75) is 76.3 Å². The second-order valence-corrected chi connectivity index (χ2v) is 7.44. The largest absolute Gasteiger partial charge is 0.481 e. The van der Waals surface area contributed by atoms with E-state index in [1.807, 2.05) is 0 Å². The van der Waals surface area contributed by atoms with E-state index >= 15 is 0 Å². The van der Waals surface area contributed by atoms with Gasteiger partial charge in [0, 0.05) is 7.11 Å². The molecular weight excluding hydrogens is 296 g/mol. The molecule has 0 aromatic carbocycles. The molecule has 4 unspecified atom stereocenters. The minimum Gasteiger partial charge on any atom is -0.481 e. The molecule has 3 aliphatic rings. The average molecular weight is 326 g/mol. The molecule has 3 N–H and O–H groups in total. The lowest BCUT2D eigenvalue weighted by molar-refractivity contribution is -0.143. The van der Waals surface area contributed by atoms with Crippen molar-refractivity contribution < 1.29 is 19.5 Å². The van der Waals surface area contributed by atoms with Crippen molar-refractivity contribution in [3.8, 4) is 0 Å². The number of nitrogens with one attached hydrogen (secondary N) is 2. The summed E-state index contributed by atoms with van der Waals surface area (Å²) in [4.78, 5) is 16.9. The van der Waals surface area contributed by atoms with Gasteiger partial charge in [0.2, 0.25) is 0 Å². The summed E-state index contributed by atoms with van der Waals surface area (Å²) in [6.45, 7) is 0. The number of carboxylic acids is 1. The molecule has 1 heterocycles. The van der Waals surface area contributed by atoms with Gasteiger partial charge in [-0.2, -0.15) is 5.48 Å². The smallest absolute Gasteiger partial charge is 0.306 e. The van der Waals surface area contributed by atoms with Crippen LogP contribution in [0, 0.1) is 17.8 Å². The predicted octanol–water partition coefficient (Wildman–Crippen LogP) is 2.25. The van der Waals surface area contributed by atoms with Gasteiger partial charge in [0.1, 0.15) is 6.23 Å². The number of aliphatic carboxylic acids is 1. The summed E-state index contributed by atoms with van der Waals surface area (Å²) in [7, 11) is 1.80. The van der Waals surface area contributed by atoms with Crippen molar-refractivity contribution in [2.75, 3.05) is 7.11 Å². The van der Waals surface area contributed by atoms with E-state index in [0.29, 0.717) is 17.9 Å². The molecule has 1 aliphatic heterocycles. The third-order valence-corrected chi connectivity index (χ3v) is 5.91. The van der Waals surface area contributed by atoms with Gasteiger partial charge < -0.3 is 9.84 Å². The van der Waals surface area contributed by atoms with Crippen LogP contribution in [0.2, 0.25) is 0 Å². The first-order valence-electron chi connectivity index (χ1n) is 9.08. The molecule has 23 heavy (non-hydrogen) atoms. The van der Waals surface area contributed by atoms with Gasteiger partial charge in [0.15, 0.2) is 0 Å². The summed E-state index contributed by atoms with van der Waals surface area (Å²) >= 11 is 0. The number of hydroxylamine groups is 1. The zero-order chi connectivity index (χ0) is 16.2. The van der Waals surface area contributed by atoms with Crippen molar-refractivity contribution in [3.63, 3.8) is 0 Å². The fourth-order valence-corrected chi connectivity index (χ4v) is 4.43. The van der Waals surface area contributed by atoms with Gasteiger partial charge in [-0.05, 0) is 63.2 Å². The molecule has 0 spiro atoms. The maximum Gasteiger partial charge on any atom is 0.306 e. The van der Waals surface area contributed by atoms with E-state index in [4.69, 9.17) is 9.57 Å². The highest BCUT2D eigenvalue weighted by Gasteiger charge is 2.37. The van der Waals surface area contributed by atoms with Crippen LogP contribution in [0.3, 0.4) is 0 Å².